The summed E-state index contributed by atoms with van der Waals surface area (Å²) < 4.78 is 0. The normalized spacial score (nSPS) is 18.0. The Balaban J connectivity index is 2.10. The maximum absolute atomic E-state index is 12.9. The zero-order valence-electron chi connectivity index (χ0n) is 16.8. The number of nitrogens with zero attached hydrogens (tertiary/aromatic N) is 2. The molecule has 7 nitrogen and oxygen atoms in total. The fraction of sp³-hybridized carbons (Fsp3) is 0.304. The molecule has 1 aliphatic heterocycles. The SMILES string of the molecule is CCCCCCN1C(=O)C(=O)C(=C(O)c2ccccc2)[C@H]1c1cccc([N+](=O)[O-])c1. The molecule has 0 bridgehead atoms. The molecule has 1 aliphatic rings. The molecule has 1 heterocycles. The molecule has 1 N–H and O–H groups in total. The zero-order valence-corrected chi connectivity index (χ0v) is 16.8. The van der Waals surface area contributed by atoms with E-state index < -0.39 is 22.7 Å². The minimum atomic E-state index is -0.869. The number of carbonyl (C=O) groups is 2. The quantitative estimate of drug-likeness (QED) is 0.172. The second kappa shape index (κ2) is 9.35. The average Bonchev–Trinajstić information content (AvgIpc) is 3.01. The van der Waals surface area contributed by atoms with Crippen molar-refractivity contribution < 1.29 is 19.6 Å². The number of benzene rings is 2. The molecule has 0 unspecified atom stereocenters. The fourth-order valence-electron chi connectivity index (χ4n) is 3.73. The number of unbranched alkanes of at least 4 members (excludes halogenated alkanes) is 3. The number of aliphatic hydroxyl groups is 1. The number of amides is 1. The van der Waals surface area contributed by atoms with Crippen molar-refractivity contribution in [2.45, 2.75) is 38.6 Å². The first-order valence-electron chi connectivity index (χ1n) is 10.0. The summed E-state index contributed by atoms with van der Waals surface area (Å²) in [4.78, 5) is 37.9. The highest BCUT2D eigenvalue weighted by Gasteiger charge is 2.46. The molecule has 0 radical (unpaired) electrons. The summed E-state index contributed by atoms with van der Waals surface area (Å²) in [6.45, 7) is 2.42. The average molecular weight is 408 g/mol. The summed E-state index contributed by atoms with van der Waals surface area (Å²) in [6, 6.07) is 13.5. The summed E-state index contributed by atoms with van der Waals surface area (Å²) in [5.74, 6) is -1.75. The number of aliphatic hydroxyl groups excluding tert-OH is 1. The van der Waals surface area contributed by atoms with Crippen molar-refractivity contribution in [2.24, 2.45) is 0 Å². The molecule has 1 saturated heterocycles. The van der Waals surface area contributed by atoms with Crippen molar-refractivity contribution in [3.63, 3.8) is 0 Å². The molecule has 0 saturated carbocycles. The topological polar surface area (TPSA) is 101 Å². The van der Waals surface area contributed by atoms with Gasteiger partial charge < -0.3 is 10.0 Å². The monoisotopic (exact) mass is 408 g/mol. The molecule has 2 aromatic carbocycles. The summed E-state index contributed by atoms with van der Waals surface area (Å²) in [5, 5.41) is 22.1. The first-order chi connectivity index (χ1) is 14.5. The largest absolute Gasteiger partial charge is 0.507 e. The Hall–Kier alpha value is -3.48. The van der Waals surface area contributed by atoms with Crippen molar-refractivity contribution in [3.8, 4) is 0 Å². The predicted molar refractivity (Wildman–Crippen MR) is 113 cm³/mol. The summed E-state index contributed by atoms with van der Waals surface area (Å²) >= 11 is 0. The maximum atomic E-state index is 12.9. The van der Waals surface area contributed by atoms with E-state index in [9.17, 15) is 24.8 Å². The Kier molecular flexibility index (Phi) is 6.61. The molecule has 0 spiro atoms. The van der Waals surface area contributed by atoms with Gasteiger partial charge in [0.15, 0.2) is 0 Å². The van der Waals surface area contributed by atoms with Gasteiger partial charge in [0.2, 0.25) is 0 Å². The van der Waals surface area contributed by atoms with E-state index in [1.165, 1.54) is 23.1 Å². The third kappa shape index (κ3) is 4.25. The summed E-state index contributed by atoms with van der Waals surface area (Å²) in [7, 11) is 0. The molecule has 0 aromatic heterocycles. The first kappa shape index (κ1) is 21.2. The van der Waals surface area contributed by atoms with Gasteiger partial charge in [0.05, 0.1) is 16.5 Å². The Morgan fingerprint density at radius 3 is 2.47 bits per heavy atom. The van der Waals surface area contributed by atoms with Gasteiger partial charge >= 0.3 is 0 Å². The van der Waals surface area contributed by atoms with Gasteiger partial charge in [0, 0.05) is 24.2 Å². The van der Waals surface area contributed by atoms with Crippen molar-refractivity contribution in [1.29, 1.82) is 0 Å². The molecule has 1 atom stereocenters. The Morgan fingerprint density at radius 2 is 1.80 bits per heavy atom. The Bertz CT molecular complexity index is 984. The third-order valence-corrected chi connectivity index (χ3v) is 5.24. The summed E-state index contributed by atoms with van der Waals surface area (Å²) in [6.07, 6.45) is 3.65. The van der Waals surface area contributed by atoms with Gasteiger partial charge in [-0.2, -0.15) is 0 Å². The van der Waals surface area contributed by atoms with Gasteiger partial charge in [-0.3, -0.25) is 19.7 Å². The van der Waals surface area contributed by atoms with Crippen LogP contribution in [0.4, 0.5) is 5.69 Å². The van der Waals surface area contributed by atoms with E-state index in [2.05, 4.69) is 6.92 Å². The van der Waals surface area contributed by atoms with E-state index in [1.807, 2.05) is 0 Å². The van der Waals surface area contributed by atoms with E-state index in [0.29, 0.717) is 24.1 Å². The van der Waals surface area contributed by atoms with E-state index >= 15 is 0 Å². The molecular weight excluding hydrogens is 384 g/mol. The predicted octanol–water partition coefficient (Wildman–Crippen LogP) is 4.60. The lowest BCUT2D eigenvalue weighted by molar-refractivity contribution is -0.384. The number of rotatable bonds is 8. The van der Waals surface area contributed by atoms with Crippen LogP contribution in [-0.2, 0) is 9.59 Å². The minimum Gasteiger partial charge on any atom is -0.507 e. The van der Waals surface area contributed by atoms with Crippen molar-refractivity contribution in [2.75, 3.05) is 6.54 Å². The number of ketones is 1. The fourth-order valence-corrected chi connectivity index (χ4v) is 3.73. The van der Waals surface area contributed by atoms with Gasteiger partial charge in [-0.15, -0.1) is 0 Å². The van der Waals surface area contributed by atoms with Crippen LogP contribution in [-0.4, -0.2) is 33.2 Å². The molecule has 0 aliphatic carbocycles. The van der Waals surface area contributed by atoms with Crippen LogP contribution in [0, 0.1) is 10.1 Å². The molecule has 30 heavy (non-hydrogen) atoms. The van der Waals surface area contributed by atoms with Crippen LogP contribution in [0.25, 0.3) is 5.76 Å². The molecular formula is C23H24N2O5. The van der Waals surface area contributed by atoms with E-state index in [0.717, 1.165) is 19.3 Å². The minimum absolute atomic E-state index is 0.0396. The van der Waals surface area contributed by atoms with Gasteiger partial charge in [-0.1, -0.05) is 68.7 Å². The number of nitro groups is 1. The highest BCUT2D eigenvalue weighted by atomic mass is 16.6. The highest BCUT2D eigenvalue weighted by molar-refractivity contribution is 6.46. The Morgan fingerprint density at radius 1 is 1.07 bits per heavy atom. The smallest absolute Gasteiger partial charge is 0.295 e. The van der Waals surface area contributed by atoms with E-state index in [-0.39, 0.29) is 17.0 Å². The number of hydrogen-bond donors (Lipinski definition) is 1. The van der Waals surface area contributed by atoms with E-state index in [1.54, 1.807) is 36.4 Å². The lowest BCUT2D eigenvalue weighted by Crippen LogP contribution is -2.30. The lowest BCUT2D eigenvalue weighted by Gasteiger charge is -2.25. The van der Waals surface area contributed by atoms with Gasteiger partial charge in [-0.25, -0.2) is 0 Å². The number of Topliss-reactive ketones (excluding diaryl/α,β-unsaturated/α-hetero) is 1. The highest BCUT2D eigenvalue weighted by Crippen LogP contribution is 2.40. The van der Waals surface area contributed by atoms with E-state index in [4.69, 9.17) is 0 Å². The van der Waals surface area contributed by atoms with Gasteiger partial charge in [-0.05, 0) is 12.0 Å². The second-order valence-electron chi connectivity index (χ2n) is 7.27. The van der Waals surface area contributed by atoms with Crippen LogP contribution in [0.2, 0.25) is 0 Å². The standard InChI is InChI=1S/C23H24N2O5/c1-2-3-4-8-14-24-20(17-12-9-13-18(15-17)25(29)30)19(22(27)23(24)28)21(26)16-10-6-5-7-11-16/h5-7,9-13,15,20,26H,2-4,8,14H2,1H3/t20-/m1/s1. The molecule has 3 rings (SSSR count). The number of non-ortho nitro benzene ring substituents is 1. The third-order valence-electron chi connectivity index (χ3n) is 5.24. The number of likely N-dealkylation sites (tertiary alicyclic amines) is 1. The van der Waals surface area contributed by atoms with Crippen molar-refractivity contribution >= 4 is 23.1 Å². The number of nitro benzene ring substituents is 1. The lowest BCUT2D eigenvalue weighted by atomic mass is 9.95. The maximum Gasteiger partial charge on any atom is 0.295 e. The number of hydrogen-bond acceptors (Lipinski definition) is 5. The molecule has 7 heteroatoms. The first-order valence-corrected chi connectivity index (χ1v) is 10.0. The van der Waals surface area contributed by atoms with Crippen LogP contribution in [0.5, 0.6) is 0 Å². The van der Waals surface area contributed by atoms with Crippen molar-refractivity contribution in [3.05, 3.63) is 81.4 Å². The summed E-state index contributed by atoms with van der Waals surface area (Å²) in [5.41, 5.74) is 0.666. The van der Waals surface area contributed by atoms with Crippen molar-refractivity contribution in [1.82, 2.24) is 4.90 Å². The molecule has 156 valence electrons. The van der Waals surface area contributed by atoms with Gasteiger partial charge in [0.25, 0.3) is 17.4 Å². The molecule has 1 fully saturated rings. The van der Waals surface area contributed by atoms with Gasteiger partial charge in [0.1, 0.15) is 5.76 Å². The second-order valence-corrected chi connectivity index (χ2v) is 7.27. The molecule has 2 aromatic rings. The van der Waals surface area contributed by atoms with Crippen LogP contribution in [0.3, 0.4) is 0 Å². The number of carbonyl (C=O) groups excluding carboxylic acids is 2. The molecule has 1 amide bonds. The van der Waals surface area contributed by atoms with Crippen LogP contribution in [0.15, 0.2) is 60.2 Å². The van der Waals surface area contributed by atoms with Crippen LogP contribution >= 0.6 is 0 Å². The Labute approximate surface area is 174 Å². The zero-order chi connectivity index (χ0) is 21.7. The van der Waals surface area contributed by atoms with Crippen LogP contribution < -0.4 is 0 Å². The van der Waals surface area contributed by atoms with Crippen LogP contribution in [0.1, 0.15) is 49.8 Å².